The molecule has 1 atom stereocenters. The van der Waals surface area contributed by atoms with Crippen LogP contribution in [-0.2, 0) is 4.79 Å². The molecule has 1 aliphatic rings. The molecule has 5 nitrogen and oxygen atoms in total. The topological polar surface area (TPSA) is 78.9 Å². The van der Waals surface area contributed by atoms with E-state index in [4.69, 9.17) is 10.9 Å². The summed E-state index contributed by atoms with van der Waals surface area (Å²) >= 11 is 0. The van der Waals surface area contributed by atoms with Gasteiger partial charge in [-0.25, -0.2) is 0 Å². The molecule has 1 rings (SSSR count). The summed E-state index contributed by atoms with van der Waals surface area (Å²) in [4.78, 5) is 14.7. The molecule has 0 aromatic heterocycles. The molecule has 1 saturated heterocycles. The highest BCUT2D eigenvalue weighted by atomic mass is 16.4. The Morgan fingerprint density at radius 3 is 2.50 bits per heavy atom. The second-order valence-electron chi connectivity index (χ2n) is 4.98. The van der Waals surface area contributed by atoms with Gasteiger partial charge in [0, 0.05) is 12.6 Å². The Bertz CT molecular complexity index is 324. The fourth-order valence-electron chi connectivity index (χ4n) is 2.92. The van der Waals surface area contributed by atoms with Gasteiger partial charge in [-0.2, -0.15) is 0 Å². The van der Waals surface area contributed by atoms with E-state index in [0.717, 1.165) is 25.8 Å². The Hall–Kier alpha value is -1.26. The zero-order valence-corrected chi connectivity index (χ0v) is 11.6. The number of hydrogen-bond acceptors (Lipinski definition) is 3. The van der Waals surface area contributed by atoms with Gasteiger partial charge in [-0.15, -0.1) is 0 Å². The van der Waals surface area contributed by atoms with Crippen molar-refractivity contribution < 1.29 is 10.0 Å². The predicted octanol–water partition coefficient (Wildman–Crippen LogP) is 1.94. The number of rotatable bonds is 5. The van der Waals surface area contributed by atoms with Crippen LogP contribution in [0.1, 0.15) is 52.9 Å². The molecule has 0 aliphatic carbocycles. The average molecular weight is 255 g/mol. The third kappa shape index (κ3) is 2.31. The van der Waals surface area contributed by atoms with Gasteiger partial charge in [0.2, 0.25) is 5.91 Å². The zero-order chi connectivity index (χ0) is 13.8. The monoisotopic (exact) mass is 255 g/mol. The van der Waals surface area contributed by atoms with Crippen molar-refractivity contribution >= 4 is 11.7 Å². The van der Waals surface area contributed by atoms with Gasteiger partial charge in [-0.1, -0.05) is 25.9 Å². The second-order valence-corrected chi connectivity index (χ2v) is 4.98. The van der Waals surface area contributed by atoms with Crippen LogP contribution < -0.4 is 5.73 Å². The van der Waals surface area contributed by atoms with Gasteiger partial charge in [0.15, 0.2) is 5.84 Å². The number of hydrogen-bond donors (Lipinski definition) is 2. The molecule has 1 amide bonds. The van der Waals surface area contributed by atoms with Crippen molar-refractivity contribution in [2.75, 3.05) is 6.54 Å². The summed E-state index contributed by atoms with van der Waals surface area (Å²) in [6, 6.07) is 0.307. The van der Waals surface area contributed by atoms with Crippen LogP contribution in [0, 0.1) is 5.41 Å². The number of amidine groups is 1. The Balaban J connectivity index is 3.03. The van der Waals surface area contributed by atoms with Crippen LogP contribution >= 0.6 is 0 Å². The fourth-order valence-corrected chi connectivity index (χ4v) is 2.92. The van der Waals surface area contributed by atoms with Gasteiger partial charge in [-0.05, 0) is 32.1 Å². The van der Waals surface area contributed by atoms with Crippen molar-refractivity contribution in [2.24, 2.45) is 16.3 Å². The van der Waals surface area contributed by atoms with Crippen LogP contribution in [-0.4, -0.2) is 34.4 Å². The first-order chi connectivity index (χ1) is 8.57. The van der Waals surface area contributed by atoms with Crippen LogP contribution in [0.2, 0.25) is 0 Å². The summed E-state index contributed by atoms with van der Waals surface area (Å²) in [6.07, 6.45) is 4.19. The molecule has 0 radical (unpaired) electrons. The first kappa shape index (κ1) is 14.8. The van der Waals surface area contributed by atoms with Crippen molar-refractivity contribution in [2.45, 2.75) is 58.9 Å². The van der Waals surface area contributed by atoms with Crippen LogP contribution in [0.4, 0.5) is 0 Å². The van der Waals surface area contributed by atoms with E-state index in [1.165, 1.54) is 0 Å². The smallest absolute Gasteiger partial charge is 0.236 e. The van der Waals surface area contributed by atoms with E-state index in [-0.39, 0.29) is 11.7 Å². The largest absolute Gasteiger partial charge is 0.409 e. The summed E-state index contributed by atoms with van der Waals surface area (Å²) < 4.78 is 0. The molecule has 0 aromatic carbocycles. The molecular formula is C13H25N3O2. The van der Waals surface area contributed by atoms with E-state index in [1.807, 2.05) is 18.7 Å². The van der Waals surface area contributed by atoms with Crippen molar-refractivity contribution in [1.82, 2.24) is 4.90 Å². The van der Waals surface area contributed by atoms with Crippen LogP contribution in [0.15, 0.2) is 5.16 Å². The number of carbonyl (C=O) groups is 1. The maximum Gasteiger partial charge on any atom is 0.236 e. The third-order valence-electron chi connectivity index (χ3n) is 4.32. The average Bonchev–Trinajstić information content (AvgIpc) is 2.88. The Kier molecular flexibility index (Phi) is 4.99. The molecule has 1 unspecified atom stereocenters. The molecule has 1 fully saturated rings. The number of carbonyl (C=O) groups excluding carboxylic acids is 1. The molecule has 5 heteroatoms. The predicted molar refractivity (Wildman–Crippen MR) is 71.4 cm³/mol. The van der Waals surface area contributed by atoms with Gasteiger partial charge in [0.1, 0.15) is 5.41 Å². The normalized spacial score (nSPS) is 21.4. The van der Waals surface area contributed by atoms with Crippen molar-refractivity contribution in [3.8, 4) is 0 Å². The Morgan fingerprint density at radius 2 is 2.06 bits per heavy atom. The molecule has 104 valence electrons. The molecule has 1 heterocycles. The molecule has 0 bridgehead atoms. The van der Waals surface area contributed by atoms with Gasteiger partial charge < -0.3 is 15.8 Å². The highest BCUT2D eigenvalue weighted by Crippen LogP contribution is 2.33. The summed E-state index contributed by atoms with van der Waals surface area (Å²) in [5, 5.41) is 12.0. The maximum absolute atomic E-state index is 12.8. The first-order valence-corrected chi connectivity index (χ1v) is 6.86. The van der Waals surface area contributed by atoms with E-state index >= 15 is 0 Å². The third-order valence-corrected chi connectivity index (χ3v) is 4.32. The minimum Gasteiger partial charge on any atom is -0.409 e. The van der Waals surface area contributed by atoms with Crippen LogP contribution in [0.3, 0.4) is 0 Å². The Morgan fingerprint density at radius 1 is 1.44 bits per heavy atom. The lowest BCUT2D eigenvalue weighted by atomic mass is 9.79. The quantitative estimate of drug-likeness (QED) is 0.341. The lowest BCUT2D eigenvalue weighted by molar-refractivity contribution is -0.139. The van der Waals surface area contributed by atoms with Crippen molar-refractivity contribution in [3.05, 3.63) is 0 Å². The fraction of sp³-hybridized carbons (Fsp3) is 0.846. The molecular weight excluding hydrogens is 230 g/mol. The molecule has 3 N–H and O–H groups in total. The summed E-state index contributed by atoms with van der Waals surface area (Å²) in [5.41, 5.74) is 4.94. The minimum absolute atomic E-state index is 0.0205. The van der Waals surface area contributed by atoms with Gasteiger partial charge in [0.25, 0.3) is 0 Å². The lowest BCUT2D eigenvalue weighted by Crippen LogP contribution is -2.52. The molecule has 0 spiro atoms. The zero-order valence-electron chi connectivity index (χ0n) is 11.6. The van der Waals surface area contributed by atoms with E-state index in [1.54, 1.807) is 0 Å². The van der Waals surface area contributed by atoms with E-state index in [9.17, 15) is 4.79 Å². The second kappa shape index (κ2) is 6.07. The standard InChI is InChI=1S/C13H25N3O2/c1-4-10-8-7-9-16(10)12(17)13(5-2,6-3)11(14)15-18/h10,18H,4-9H2,1-3H3,(H2,14,15). The minimum atomic E-state index is -0.841. The number of amides is 1. The summed E-state index contributed by atoms with van der Waals surface area (Å²) in [5.74, 6) is 0.0615. The number of nitrogens with two attached hydrogens (primary N) is 1. The number of nitrogens with zero attached hydrogens (tertiary/aromatic N) is 2. The highest BCUT2D eigenvalue weighted by molar-refractivity contribution is 6.06. The Labute approximate surface area is 109 Å². The van der Waals surface area contributed by atoms with Crippen LogP contribution in [0.25, 0.3) is 0 Å². The van der Waals surface area contributed by atoms with Crippen LogP contribution in [0.5, 0.6) is 0 Å². The molecule has 18 heavy (non-hydrogen) atoms. The highest BCUT2D eigenvalue weighted by Gasteiger charge is 2.44. The molecule has 0 saturated carbocycles. The van der Waals surface area contributed by atoms with E-state index in [2.05, 4.69) is 12.1 Å². The first-order valence-electron chi connectivity index (χ1n) is 6.86. The van der Waals surface area contributed by atoms with Gasteiger partial charge in [-0.3, -0.25) is 4.79 Å². The van der Waals surface area contributed by atoms with Gasteiger partial charge in [0.05, 0.1) is 0 Å². The maximum atomic E-state index is 12.8. The van der Waals surface area contributed by atoms with E-state index in [0.29, 0.717) is 18.9 Å². The summed E-state index contributed by atoms with van der Waals surface area (Å²) in [6.45, 7) is 6.71. The van der Waals surface area contributed by atoms with E-state index < -0.39 is 5.41 Å². The van der Waals surface area contributed by atoms with Gasteiger partial charge >= 0.3 is 0 Å². The molecule has 1 aliphatic heterocycles. The number of oxime groups is 1. The SMILES string of the molecule is CCC1CCCN1C(=O)C(CC)(CC)C(N)=NO. The lowest BCUT2D eigenvalue weighted by Gasteiger charge is -2.35. The van der Waals surface area contributed by atoms with Crippen molar-refractivity contribution in [3.63, 3.8) is 0 Å². The number of likely N-dealkylation sites (tertiary alicyclic amines) is 1. The summed E-state index contributed by atoms with van der Waals surface area (Å²) in [7, 11) is 0. The molecule has 0 aromatic rings. The van der Waals surface area contributed by atoms with Crippen molar-refractivity contribution in [1.29, 1.82) is 0 Å².